The van der Waals surface area contributed by atoms with Crippen LogP contribution >= 0.6 is 0 Å². The molecule has 0 aromatic heterocycles. The van der Waals surface area contributed by atoms with E-state index in [2.05, 4.69) is 16.6 Å². The zero-order valence-corrected chi connectivity index (χ0v) is 9.84. The molecule has 90 valence electrons. The molecule has 0 unspecified atom stereocenters. The SMILES string of the molecule is Cc1ccccc1[C@H]1[C@H](C#N)[C@]12C(=O)NN=C2N. The Kier molecular flexibility index (Phi) is 1.99. The number of amidine groups is 1. The number of rotatable bonds is 1. The molecule has 3 atom stereocenters. The number of hydrogen-bond acceptors (Lipinski definition) is 4. The molecule has 1 aromatic carbocycles. The summed E-state index contributed by atoms with van der Waals surface area (Å²) in [6.07, 6.45) is 0. The molecule has 0 radical (unpaired) electrons. The molecule has 1 spiro atoms. The smallest absolute Gasteiger partial charge is 0.256 e. The third kappa shape index (κ3) is 1.05. The van der Waals surface area contributed by atoms with Crippen molar-refractivity contribution >= 4 is 11.7 Å². The number of nitrogens with zero attached hydrogens (tertiary/aromatic N) is 2. The summed E-state index contributed by atoms with van der Waals surface area (Å²) in [5.74, 6) is -0.646. The Morgan fingerprint density at radius 3 is 2.78 bits per heavy atom. The van der Waals surface area contributed by atoms with Gasteiger partial charge in [0.25, 0.3) is 5.91 Å². The topological polar surface area (TPSA) is 91.3 Å². The minimum Gasteiger partial charge on any atom is -0.385 e. The van der Waals surface area contributed by atoms with E-state index in [1.165, 1.54) is 0 Å². The Morgan fingerprint density at radius 2 is 2.22 bits per heavy atom. The number of nitrogens with two attached hydrogens (primary N) is 1. The summed E-state index contributed by atoms with van der Waals surface area (Å²) < 4.78 is 0. The van der Waals surface area contributed by atoms with E-state index in [4.69, 9.17) is 5.73 Å². The van der Waals surface area contributed by atoms with Gasteiger partial charge in [-0.15, -0.1) is 0 Å². The second-order valence-electron chi connectivity index (χ2n) is 4.75. The third-order valence-electron chi connectivity index (χ3n) is 3.95. The summed E-state index contributed by atoms with van der Waals surface area (Å²) in [4.78, 5) is 12.0. The highest BCUT2D eigenvalue weighted by Crippen LogP contribution is 2.66. The van der Waals surface area contributed by atoms with Crippen LogP contribution in [0.3, 0.4) is 0 Å². The van der Waals surface area contributed by atoms with Crippen molar-refractivity contribution in [2.75, 3.05) is 0 Å². The van der Waals surface area contributed by atoms with Crippen molar-refractivity contribution in [2.45, 2.75) is 12.8 Å². The van der Waals surface area contributed by atoms with Gasteiger partial charge in [0, 0.05) is 5.92 Å². The Morgan fingerprint density at radius 1 is 1.50 bits per heavy atom. The van der Waals surface area contributed by atoms with Gasteiger partial charge in [-0.3, -0.25) is 4.79 Å². The van der Waals surface area contributed by atoms with E-state index in [0.717, 1.165) is 11.1 Å². The van der Waals surface area contributed by atoms with E-state index in [-0.39, 0.29) is 17.7 Å². The lowest BCUT2D eigenvalue weighted by atomic mass is 9.95. The van der Waals surface area contributed by atoms with Gasteiger partial charge in [0.1, 0.15) is 11.3 Å². The Balaban J connectivity index is 2.11. The summed E-state index contributed by atoms with van der Waals surface area (Å²) in [7, 11) is 0. The molecular weight excluding hydrogens is 228 g/mol. The molecule has 1 aliphatic heterocycles. The quantitative estimate of drug-likeness (QED) is 0.753. The lowest BCUT2D eigenvalue weighted by molar-refractivity contribution is -0.123. The molecular formula is C13H12N4O. The molecule has 1 saturated carbocycles. The number of hydrogen-bond donors (Lipinski definition) is 2. The van der Waals surface area contributed by atoms with Crippen molar-refractivity contribution in [3.8, 4) is 6.07 Å². The fourth-order valence-corrected chi connectivity index (χ4v) is 2.94. The van der Waals surface area contributed by atoms with Crippen molar-refractivity contribution in [1.29, 1.82) is 5.26 Å². The van der Waals surface area contributed by atoms with E-state index in [1.54, 1.807) is 0 Å². The highest BCUT2D eigenvalue weighted by molar-refractivity contribution is 6.16. The first-order valence-corrected chi connectivity index (χ1v) is 5.73. The summed E-state index contributed by atoms with van der Waals surface area (Å²) in [6, 6.07) is 9.94. The van der Waals surface area contributed by atoms with E-state index in [0.29, 0.717) is 0 Å². The number of carbonyl (C=O) groups excluding carboxylic acids is 1. The number of carbonyl (C=O) groups is 1. The predicted molar refractivity (Wildman–Crippen MR) is 65.2 cm³/mol. The zero-order valence-electron chi connectivity index (χ0n) is 9.84. The standard InChI is InChI=1S/C13H12N4O/c1-7-4-2-3-5-8(7)10-9(6-14)13(10)11(15)16-17-12(13)18/h2-5,9-10H,1H3,(H2,15,16)(H,17,18)/t9-,10-,13-/m0/s1. The zero-order chi connectivity index (χ0) is 12.9. The molecule has 1 amide bonds. The molecule has 0 bridgehead atoms. The lowest BCUT2D eigenvalue weighted by Crippen LogP contribution is -2.32. The number of nitrogens with one attached hydrogen (secondary N) is 1. The van der Waals surface area contributed by atoms with Gasteiger partial charge in [-0.2, -0.15) is 10.4 Å². The average Bonchev–Trinajstić information content (AvgIpc) is 2.97. The second-order valence-corrected chi connectivity index (χ2v) is 4.75. The number of hydrazone groups is 1. The number of aryl methyl sites for hydroxylation is 1. The average molecular weight is 240 g/mol. The molecule has 18 heavy (non-hydrogen) atoms. The van der Waals surface area contributed by atoms with Gasteiger partial charge < -0.3 is 5.73 Å². The number of nitriles is 1. The summed E-state index contributed by atoms with van der Waals surface area (Å²) in [5, 5.41) is 13.0. The molecule has 1 fully saturated rings. The van der Waals surface area contributed by atoms with Crippen LogP contribution in [0, 0.1) is 29.6 Å². The van der Waals surface area contributed by atoms with Crippen LogP contribution in [0.2, 0.25) is 0 Å². The molecule has 0 saturated heterocycles. The summed E-state index contributed by atoms with van der Waals surface area (Å²) in [6.45, 7) is 1.97. The van der Waals surface area contributed by atoms with Crippen molar-refractivity contribution in [3.63, 3.8) is 0 Å². The van der Waals surface area contributed by atoms with Crippen LogP contribution in [0.15, 0.2) is 29.4 Å². The molecule has 5 nitrogen and oxygen atoms in total. The molecule has 5 heteroatoms. The van der Waals surface area contributed by atoms with Crippen LogP contribution in [-0.4, -0.2) is 11.7 Å². The number of amides is 1. The van der Waals surface area contributed by atoms with Gasteiger partial charge in [-0.05, 0) is 18.1 Å². The number of benzene rings is 1. The van der Waals surface area contributed by atoms with Crippen molar-refractivity contribution in [3.05, 3.63) is 35.4 Å². The normalized spacial score (nSPS) is 32.9. The van der Waals surface area contributed by atoms with Gasteiger partial charge in [0.05, 0.1) is 12.0 Å². The van der Waals surface area contributed by atoms with E-state index < -0.39 is 11.3 Å². The van der Waals surface area contributed by atoms with Gasteiger partial charge >= 0.3 is 0 Å². The minimum absolute atomic E-state index is 0.185. The summed E-state index contributed by atoms with van der Waals surface area (Å²) >= 11 is 0. The van der Waals surface area contributed by atoms with Crippen LogP contribution in [0.4, 0.5) is 0 Å². The van der Waals surface area contributed by atoms with E-state index >= 15 is 0 Å². The maximum absolute atomic E-state index is 12.0. The fraction of sp³-hybridized carbons (Fsp3) is 0.308. The largest absolute Gasteiger partial charge is 0.385 e. The Bertz CT molecular complexity index is 616. The van der Waals surface area contributed by atoms with Crippen LogP contribution in [0.5, 0.6) is 0 Å². The van der Waals surface area contributed by atoms with Gasteiger partial charge in [-0.1, -0.05) is 24.3 Å². The van der Waals surface area contributed by atoms with Crippen molar-refractivity contribution < 1.29 is 4.79 Å². The molecule has 3 rings (SSSR count). The van der Waals surface area contributed by atoms with Crippen molar-refractivity contribution in [1.82, 2.24) is 5.43 Å². The van der Waals surface area contributed by atoms with Crippen LogP contribution in [-0.2, 0) is 4.79 Å². The molecule has 1 aliphatic carbocycles. The van der Waals surface area contributed by atoms with E-state index in [9.17, 15) is 10.1 Å². The van der Waals surface area contributed by atoms with Crippen LogP contribution in [0.25, 0.3) is 0 Å². The Labute approximate surface area is 104 Å². The van der Waals surface area contributed by atoms with E-state index in [1.807, 2.05) is 31.2 Å². The highest BCUT2D eigenvalue weighted by Gasteiger charge is 2.75. The molecule has 2 aliphatic rings. The minimum atomic E-state index is -0.944. The molecule has 1 aromatic rings. The fourth-order valence-electron chi connectivity index (χ4n) is 2.94. The lowest BCUT2D eigenvalue weighted by Gasteiger charge is -2.08. The molecule has 1 heterocycles. The van der Waals surface area contributed by atoms with Gasteiger partial charge in [0.15, 0.2) is 0 Å². The molecule has 3 N–H and O–H groups in total. The maximum atomic E-state index is 12.0. The van der Waals surface area contributed by atoms with Crippen molar-refractivity contribution in [2.24, 2.45) is 22.2 Å². The maximum Gasteiger partial charge on any atom is 0.256 e. The monoisotopic (exact) mass is 240 g/mol. The van der Waals surface area contributed by atoms with Crippen LogP contribution < -0.4 is 11.2 Å². The van der Waals surface area contributed by atoms with Crippen LogP contribution in [0.1, 0.15) is 17.0 Å². The first-order valence-electron chi connectivity index (χ1n) is 5.73. The highest BCUT2D eigenvalue weighted by atomic mass is 16.2. The predicted octanol–water partition coefficient (Wildman–Crippen LogP) is 0.620. The first kappa shape index (κ1) is 10.8. The second kappa shape index (κ2) is 3.33. The first-order chi connectivity index (χ1) is 8.64. The van der Waals surface area contributed by atoms with Gasteiger partial charge in [0.2, 0.25) is 0 Å². The third-order valence-corrected chi connectivity index (χ3v) is 3.95. The summed E-state index contributed by atoms with van der Waals surface area (Å²) in [5.41, 5.74) is 9.32. The Hall–Kier alpha value is -2.35. The van der Waals surface area contributed by atoms with Gasteiger partial charge in [-0.25, -0.2) is 5.43 Å².